The molecule has 0 aliphatic carbocycles. The summed E-state index contributed by atoms with van der Waals surface area (Å²) in [4.78, 5) is 30.8. The molecule has 1 aliphatic heterocycles. The smallest absolute Gasteiger partial charge is 0.453 e. The molecule has 29 heavy (non-hydrogen) atoms. The van der Waals surface area contributed by atoms with E-state index in [0.717, 1.165) is 23.4 Å². The number of aromatic nitrogens is 2. The van der Waals surface area contributed by atoms with Gasteiger partial charge in [0.25, 0.3) is 5.91 Å². The van der Waals surface area contributed by atoms with Gasteiger partial charge < -0.3 is 15.0 Å². The fourth-order valence-electron chi connectivity index (χ4n) is 3.01. The molecule has 3 aromatic heterocycles. The molecule has 4 rings (SSSR count). The maximum Gasteiger partial charge on any atom is 0.490 e. The van der Waals surface area contributed by atoms with E-state index in [1.807, 2.05) is 6.07 Å². The molecule has 10 heteroatoms. The van der Waals surface area contributed by atoms with Crippen LogP contribution in [-0.2, 0) is 22.6 Å². The molecular formula is C19H14F3N3O3S. The summed E-state index contributed by atoms with van der Waals surface area (Å²) in [5.74, 6) is -2.33. The summed E-state index contributed by atoms with van der Waals surface area (Å²) in [6.45, 7) is 0.130. The van der Waals surface area contributed by atoms with Crippen molar-refractivity contribution in [1.82, 2.24) is 15.3 Å². The Balaban J connectivity index is 1.53. The van der Waals surface area contributed by atoms with Crippen LogP contribution >= 0.6 is 11.3 Å². The van der Waals surface area contributed by atoms with Gasteiger partial charge in [0.05, 0.1) is 11.3 Å². The molecule has 2 N–H and O–H groups in total. The topological polar surface area (TPSA) is 84.1 Å². The highest BCUT2D eigenvalue weighted by atomic mass is 32.1. The second-order valence-corrected chi connectivity index (χ2v) is 7.38. The molecule has 0 saturated heterocycles. The number of ether oxygens (including phenoxy) is 1. The van der Waals surface area contributed by atoms with Crippen LogP contribution < -0.4 is 5.32 Å². The molecule has 1 amide bonds. The molecule has 0 bridgehead atoms. The molecule has 0 fully saturated rings. The van der Waals surface area contributed by atoms with E-state index >= 15 is 0 Å². The number of rotatable bonds is 4. The number of nitrogens with one attached hydrogen (secondary N) is 2. The number of esters is 1. The Bertz CT molecular complexity index is 1090. The Hall–Kier alpha value is -3.14. The quantitative estimate of drug-likeness (QED) is 0.630. The minimum absolute atomic E-state index is 0.112. The first kappa shape index (κ1) is 19.2. The van der Waals surface area contributed by atoms with E-state index in [2.05, 4.69) is 20.0 Å². The molecule has 3 aromatic rings. The van der Waals surface area contributed by atoms with Crippen molar-refractivity contribution >= 4 is 23.2 Å². The van der Waals surface area contributed by atoms with Gasteiger partial charge in [0.2, 0.25) is 0 Å². The van der Waals surface area contributed by atoms with Crippen molar-refractivity contribution in [2.24, 2.45) is 0 Å². The zero-order chi connectivity index (χ0) is 20.6. The number of thiophene rings is 1. The predicted octanol–water partition coefficient (Wildman–Crippen LogP) is 3.70. The van der Waals surface area contributed by atoms with Crippen LogP contribution in [0.4, 0.5) is 13.2 Å². The molecular weight excluding hydrogens is 407 g/mol. The summed E-state index contributed by atoms with van der Waals surface area (Å²) in [7, 11) is 0. The highest BCUT2D eigenvalue weighted by molar-refractivity contribution is 7.10. The lowest BCUT2D eigenvalue weighted by atomic mass is 10.1. The van der Waals surface area contributed by atoms with Gasteiger partial charge in [-0.2, -0.15) is 13.2 Å². The number of carbonyl (C=O) groups excluding carboxylic acids is 2. The van der Waals surface area contributed by atoms with E-state index < -0.39 is 18.8 Å². The number of aromatic amines is 1. The molecule has 0 saturated carbocycles. The molecule has 150 valence electrons. The normalized spacial score (nSPS) is 13.7. The first-order chi connectivity index (χ1) is 13.8. The van der Waals surface area contributed by atoms with Crippen molar-refractivity contribution in [1.29, 1.82) is 0 Å². The minimum Gasteiger partial charge on any atom is -0.453 e. The van der Waals surface area contributed by atoms with Gasteiger partial charge in [-0.3, -0.25) is 9.78 Å². The molecule has 0 aromatic carbocycles. The van der Waals surface area contributed by atoms with Gasteiger partial charge in [0, 0.05) is 51.9 Å². The lowest BCUT2D eigenvalue weighted by molar-refractivity contribution is -0.200. The standard InChI is InChI=1S/C19H14F3N3O3S/c20-19(21,22)18(27)28-8-12-5-11(9-29-12)15-6-10(1-3-23-15)16-7-13-14(25-16)2-4-24-17(13)26/h1,3,5-7,9,25H,2,4,8H2,(H,24,26). The number of fused-ring (bicyclic) bond motifs is 1. The lowest BCUT2D eigenvalue weighted by Gasteiger charge is -2.10. The van der Waals surface area contributed by atoms with Crippen LogP contribution in [0.5, 0.6) is 0 Å². The first-order valence-corrected chi connectivity index (χ1v) is 9.47. The van der Waals surface area contributed by atoms with Gasteiger partial charge in [-0.25, -0.2) is 4.79 Å². The van der Waals surface area contributed by atoms with E-state index in [4.69, 9.17) is 0 Å². The monoisotopic (exact) mass is 421 g/mol. The molecule has 0 unspecified atom stereocenters. The predicted molar refractivity (Wildman–Crippen MR) is 99.2 cm³/mol. The van der Waals surface area contributed by atoms with Gasteiger partial charge >= 0.3 is 12.1 Å². The summed E-state index contributed by atoms with van der Waals surface area (Å²) >= 11 is 1.18. The maximum atomic E-state index is 12.2. The van der Waals surface area contributed by atoms with Crippen molar-refractivity contribution in [3.8, 4) is 22.5 Å². The zero-order valence-corrected chi connectivity index (χ0v) is 15.6. The SMILES string of the molecule is O=C1NCCc2[nH]c(-c3ccnc(-c4csc(COC(=O)C(F)(F)F)c4)c3)cc21. The number of halogens is 3. The Morgan fingerprint density at radius 3 is 2.83 bits per heavy atom. The third-order valence-corrected chi connectivity index (χ3v) is 5.31. The van der Waals surface area contributed by atoms with E-state index in [1.165, 1.54) is 11.3 Å². The molecule has 6 nitrogen and oxygen atoms in total. The van der Waals surface area contributed by atoms with Crippen molar-refractivity contribution in [2.75, 3.05) is 6.54 Å². The van der Waals surface area contributed by atoms with Gasteiger partial charge in [0.15, 0.2) is 0 Å². The Kier molecular flexibility index (Phi) is 4.87. The summed E-state index contributed by atoms with van der Waals surface area (Å²) < 4.78 is 41.0. The highest BCUT2D eigenvalue weighted by Crippen LogP contribution is 2.30. The van der Waals surface area contributed by atoms with Crippen LogP contribution in [0, 0.1) is 0 Å². The van der Waals surface area contributed by atoms with Crippen molar-refractivity contribution in [2.45, 2.75) is 19.2 Å². The second kappa shape index (κ2) is 7.36. The number of H-pyrrole nitrogens is 1. The number of amides is 1. The number of carbonyl (C=O) groups is 2. The first-order valence-electron chi connectivity index (χ1n) is 8.59. The minimum atomic E-state index is -5.01. The van der Waals surface area contributed by atoms with Gasteiger partial charge in [-0.15, -0.1) is 11.3 Å². The summed E-state index contributed by atoms with van der Waals surface area (Å²) in [6, 6.07) is 7.05. The number of nitrogens with zero attached hydrogens (tertiary/aromatic N) is 1. The van der Waals surface area contributed by atoms with Crippen LogP contribution in [0.1, 0.15) is 20.9 Å². The third kappa shape index (κ3) is 4.02. The largest absolute Gasteiger partial charge is 0.490 e. The maximum absolute atomic E-state index is 12.2. The van der Waals surface area contributed by atoms with Crippen LogP contribution in [0.3, 0.4) is 0 Å². The van der Waals surface area contributed by atoms with Crippen LogP contribution in [-0.4, -0.2) is 34.6 Å². The third-order valence-electron chi connectivity index (χ3n) is 4.40. The van der Waals surface area contributed by atoms with Crippen LogP contribution in [0.2, 0.25) is 0 Å². The number of hydrogen-bond donors (Lipinski definition) is 2. The van der Waals surface area contributed by atoms with Crippen LogP contribution in [0.25, 0.3) is 22.5 Å². The van der Waals surface area contributed by atoms with Gasteiger partial charge in [0.1, 0.15) is 6.61 Å². The number of alkyl halides is 3. The molecule has 0 atom stereocenters. The molecule has 4 heterocycles. The second-order valence-electron chi connectivity index (χ2n) is 6.39. The van der Waals surface area contributed by atoms with Crippen molar-refractivity contribution in [3.63, 3.8) is 0 Å². The highest BCUT2D eigenvalue weighted by Gasteiger charge is 2.40. The molecule has 1 aliphatic rings. The van der Waals surface area contributed by atoms with Gasteiger partial charge in [-0.1, -0.05) is 0 Å². The summed E-state index contributed by atoms with van der Waals surface area (Å²) in [6.07, 6.45) is -2.67. The van der Waals surface area contributed by atoms with E-state index in [9.17, 15) is 22.8 Å². The van der Waals surface area contributed by atoms with Crippen molar-refractivity contribution in [3.05, 3.63) is 52.0 Å². The van der Waals surface area contributed by atoms with E-state index in [0.29, 0.717) is 28.2 Å². The molecule has 0 radical (unpaired) electrons. The average molecular weight is 421 g/mol. The molecule has 0 spiro atoms. The Morgan fingerprint density at radius 1 is 1.24 bits per heavy atom. The number of pyridine rings is 1. The lowest BCUT2D eigenvalue weighted by Crippen LogP contribution is -2.31. The van der Waals surface area contributed by atoms with E-state index in [-0.39, 0.29) is 5.91 Å². The summed E-state index contributed by atoms with van der Waals surface area (Å²) in [5, 5.41) is 4.53. The average Bonchev–Trinajstić information content (AvgIpc) is 3.33. The Labute approximate surface area is 166 Å². The van der Waals surface area contributed by atoms with E-state index in [1.54, 1.807) is 29.8 Å². The fourth-order valence-corrected chi connectivity index (χ4v) is 3.80. The van der Waals surface area contributed by atoms with Gasteiger partial charge in [-0.05, 0) is 24.3 Å². The fraction of sp³-hybridized carbons (Fsp3) is 0.211. The zero-order valence-electron chi connectivity index (χ0n) is 14.8. The summed E-state index contributed by atoms with van der Waals surface area (Å²) in [5.41, 5.74) is 4.42. The van der Waals surface area contributed by atoms with Crippen LogP contribution in [0.15, 0.2) is 35.8 Å². The Morgan fingerprint density at radius 2 is 2.07 bits per heavy atom. The number of hydrogen-bond acceptors (Lipinski definition) is 5. The van der Waals surface area contributed by atoms with Crippen molar-refractivity contribution < 1.29 is 27.5 Å².